The highest BCUT2D eigenvalue weighted by Gasteiger charge is 2.45. The quantitative estimate of drug-likeness (QED) is 0.137. The number of alkyl halides is 6. The third kappa shape index (κ3) is 7.38. The highest BCUT2D eigenvalue weighted by molar-refractivity contribution is 6.01. The molecule has 1 aliphatic heterocycles. The van der Waals surface area contributed by atoms with Gasteiger partial charge in [-0.1, -0.05) is 75.7 Å². The van der Waals surface area contributed by atoms with E-state index in [4.69, 9.17) is 5.10 Å². The van der Waals surface area contributed by atoms with E-state index < -0.39 is 40.3 Å². The van der Waals surface area contributed by atoms with Crippen LogP contribution in [0.5, 0.6) is 0 Å². The number of benzene rings is 4. The van der Waals surface area contributed by atoms with Crippen molar-refractivity contribution in [1.29, 1.82) is 0 Å². The summed E-state index contributed by atoms with van der Waals surface area (Å²) >= 11 is 0. The molecule has 5 nitrogen and oxygen atoms in total. The number of hydrogen-bond acceptors (Lipinski definition) is 3. The lowest BCUT2D eigenvalue weighted by molar-refractivity contribution is -0.143. The Kier molecular flexibility index (Phi) is 10.5. The summed E-state index contributed by atoms with van der Waals surface area (Å²) in [6.45, 7) is 15.5. The number of aryl methyl sites for hydroxylation is 4. The molecule has 0 saturated carbocycles. The molecule has 0 unspecified atom stereocenters. The smallest absolute Gasteiger partial charge is 0.284 e. The standard InChI is InChI=1S/C47H47F7N4O/c1-9-29-12-11-13-30(10-2)40(29)58-41(35-26-56(45(7,8)43(35)55-58)25-31-15-16-32(46(49,50)51)23-37(31)47(52,53)54)33-17-19-38(48)42-34(33)20-21-57(42)39(59)24-44(5,6)36-18-14-27(3)22-28(36)4/h11-23H,9-10,24-26H2,1-8H3/p+2. The molecule has 0 fully saturated rings. The summed E-state index contributed by atoms with van der Waals surface area (Å²) in [5, 5.41) is 5.68. The van der Waals surface area contributed by atoms with E-state index in [0.29, 0.717) is 46.8 Å². The Morgan fingerprint density at radius 1 is 0.831 bits per heavy atom. The molecule has 0 aliphatic carbocycles. The Hall–Kier alpha value is -5.23. The van der Waals surface area contributed by atoms with Gasteiger partial charge in [-0.05, 0) is 104 Å². The predicted octanol–water partition coefficient (Wildman–Crippen LogP) is 12.9. The molecule has 0 atom stereocenters. The summed E-state index contributed by atoms with van der Waals surface area (Å²) in [5.41, 5.74) is 3.95. The first-order valence-electron chi connectivity index (χ1n) is 19.7. The van der Waals surface area contributed by atoms with Crippen LogP contribution in [0.2, 0.25) is 0 Å². The maximum absolute atomic E-state index is 16.2. The molecule has 0 spiro atoms. The van der Waals surface area contributed by atoms with Gasteiger partial charge in [0.1, 0.15) is 5.82 Å². The lowest BCUT2D eigenvalue weighted by Gasteiger charge is -2.33. The Bertz CT molecular complexity index is 2600. The number of hydrogen-bond donors (Lipinski definition) is 0. The van der Waals surface area contributed by atoms with Crippen LogP contribution in [-0.4, -0.2) is 25.2 Å². The zero-order chi connectivity index (χ0) is 43.0. The van der Waals surface area contributed by atoms with E-state index in [1.807, 2.05) is 90.4 Å². The number of halogens is 7. The molecule has 310 valence electrons. The lowest BCUT2D eigenvalue weighted by atomic mass is 9.78. The fourth-order valence-corrected chi connectivity index (χ4v) is 8.93. The minimum absolute atomic E-state index is 0. The van der Waals surface area contributed by atoms with Crippen LogP contribution in [-0.2, 0) is 49.2 Å². The first-order chi connectivity index (χ1) is 27.6. The molecule has 6 aromatic rings. The van der Waals surface area contributed by atoms with Gasteiger partial charge in [0.2, 0.25) is 5.91 Å². The number of carbonyl (C=O) groups is 1. The van der Waals surface area contributed by atoms with Gasteiger partial charge in [0.05, 0.1) is 39.3 Å². The fourth-order valence-electron chi connectivity index (χ4n) is 8.93. The largest absolute Gasteiger partial charge is 1.00 e. The van der Waals surface area contributed by atoms with Crippen molar-refractivity contribution < 1.29 is 38.4 Å². The van der Waals surface area contributed by atoms with E-state index in [1.165, 1.54) is 10.6 Å². The van der Waals surface area contributed by atoms with E-state index in [2.05, 4.69) is 6.07 Å². The molecule has 12 heteroatoms. The summed E-state index contributed by atoms with van der Waals surface area (Å²) < 4.78 is 103. The molecular formula is C47H49F7N4O+2. The van der Waals surface area contributed by atoms with Crippen molar-refractivity contribution in [2.45, 2.75) is 111 Å². The zero-order valence-corrected chi connectivity index (χ0v) is 34.4. The van der Waals surface area contributed by atoms with Gasteiger partial charge in [-0.2, -0.15) is 31.4 Å². The summed E-state index contributed by atoms with van der Waals surface area (Å²) in [6, 6.07) is 18.5. The minimum Gasteiger partial charge on any atom is -0.284 e. The molecule has 3 heterocycles. The van der Waals surface area contributed by atoms with Crippen molar-refractivity contribution in [3.8, 4) is 16.9 Å². The van der Waals surface area contributed by atoms with Crippen molar-refractivity contribution >= 4 is 16.8 Å². The van der Waals surface area contributed by atoms with Gasteiger partial charge >= 0.3 is 15.2 Å². The lowest BCUT2D eigenvalue weighted by Crippen LogP contribution is -2.36. The molecule has 1 aliphatic rings. The molecule has 7 rings (SSSR count). The van der Waals surface area contributed by atoms with Gasteiger partial charge in [0.15, 0.2) is 0 Å². The van der Waals surface area contributed by atoms with Gasteiger partial charge in [0.25, 0.3) is 0 Å². The van der Waals surface area contributed by atoms with Gasteiger partial charge in [0, 0.05) is 42.2 Å². The molecule has 59 heavy (non-hydrogen) atoms. The summed E-state index contributed by atoms with van der Waals surface area (Å²) in [7, 11) is 0. The van der Waals surface area contributed by atoms with Crippen LogP contribution in [0.1, 0.15) is 111 Å². The van der Waals surface area contributed by atoms with Gasteiger partial charge in [-0.25, -0.2) is 9.07 Å². The van der Waals surface area contributed by atoms with Crippen LogP contribution in [0.15, 0.2) is 79.0 Å². The maximum atomic E-state index is 16.2. The molecule has 0 N–H and O–H groups in total. The van der Waals surface area contributed by atoms with Crippen LogP contribution in [0.4, 0.5) is 30.7 Å². The number of fused-ring (bicyclic) bond motifs is 2. The number of carbonyl (C=O) groups excluding carboxylic acids is 1. The third-order valence-electron chi connectivity index (χ3n) is 12.0. The Morgan fingerprint density at radius 3 is 2.12 bits per heavy atom. The van der Waals surface area contributed by atoms with Crippen molar-refractivity contribution in [2.24, 2.45) is 0 Å². The Balaban J connectivity index is 0.00000352. The first-order valence-corrected chi connectivity index (χ1v) is 19.7. The van der Waals surface area contributed by atoms with Crippen molar-refractivity contribution in [2.75, 3.05) is 0 Å². The van der Waals surface area contributed by atoms with Crippen LogP contribution in [0.25, 0.3) is 27.8 Å². The van der Waals surface area contributed by atoms with Gasteiger partial charge in [-0.15, -0.1) is 0 Å². The van der Waals surface area contributed by atoms with E-state index in [-0.39, 0.29) is 45.4 Å². The second-order valence-electron chi connectivity index (χ2n) is 16.8. The zero-order valence-electron chi connectivity index (χ0n) is 36.4. The summed E-state index contributed by atoms with van der Waals surface area (Å²) in [4.78, 5) is 16.0. The normalized spacial score (nSPS) is 14.7. The number of aromatic nitrogens is 3. The number of nitrogens with zero attached hydrogens (tertiary/aromatic N) is 4. The predicted molar refractivity (Wildman–Crippen MR) is 218 cm³/mol. The van der Waals surface area contributed by atoms with E-state index in [1.54, 1.807) is 23.2 Å². The van der Waals surface area contributed by atoms with E-state index >= 15 is 4.39 Å². The van der Waals surface area contributed by atoms with E-state index in [0.717, 1.165) is 39.6 Å². The number of rotatable bonds is 9. The molecular weight excluding hydrogens is 770 g/mol. The fraction of sp³-hybridized carbons (Fsp3) is 0.362. The van der Waals surface area contributed by atoms with E-state index in [9.17, 15) is 31.1 Å². The van der Waals surface area contributed by atoms with Gasteiger partial charge < -0.3 is 0 Å². The van der Waals surface area contributed by atoms with Crippen molar-refractivity contribution in [1.82, 2.24) is 19.2 Å². The topological polar surface area (TPSA) is 43.1 Å². The summed E-state index contributed by atoms with van der Waals surface area (Å²) in [5.74, 6) is -0.894. The van der Waals surface area contributed by atoms with Crippen LogP contribution in [0.3, 0.4) is 0 Å². The van der Waals surface area contributed by atoms with Crippen LogP contribution in [0, 0.1) is 19.7 Å². The molecule has 4 aromatic carbocycles. The van der Waals surface area contributed by atoms with Gasteiger partial charge in [-0.3, -0.25) is 14.3 Å². The second kappa shape index (κ2) is 14.8. The van der Waals surface area contributed by atoms with Crippen molar-refractivity contribution in [3.63, 3.8) is 0 Å². The monoisotopic (exact) mass is 818 g/mol. The maximum Gasteiger partial charge on any atom is 1.00 e. The highest BCUT2D eigenvalue weighted by Crippen LogP contribution is 2.48. The third-order valence-corrected chi connectivity index (χ3v) is 12.0. The average Bonchev–Trinajstić information content (AvgIpc) is 3.83. The molecule has 0 bridgehead atoms. The number of para-hydroxylation sites is 1. The Morgan fingerprint density at radius 2 is 1.51 bits per heavy atom. The molecule has 0 amide bonds. The minimum atomic E-state index is -5.03. The Labute approximate surface area is 342 Å². The first kappa shape index (κ1) is 41.9. The van der Waals surface area contributed by atoms with Crippen LogP contribution >= 0.6 is 0 Å². The molecule has 0 saturated heterocycles. The molecule has 2 aromatic heterocycles. The van der Waals surface area contributed by atoms with Crippen molar-refractivity contribution in [3.05, 3.63) is 141 Å². The summed E-state index contributed by atoms with van der Waals surface area (Å²) in [6.07, 6.45) is -6.99. The SMILES string of the molecule is CCc1cccc(CC)c1-n1nc2c(c1-c1ccc(F)c3c1ccn3C(=O)CC(C)(C)c1ccc(C)cc1C)CN(Cc1ccc(C(F)(F)F)cc1C(F)(F)F)C2(C)C.[H+].[H+]. The van der Waals surface area contributed by atoms with Crippen LogP contribution < -0.4 is 0 Å². The average molecular weight is 819 g/mol. The molecule has 0 radical (unpaired) electrons. The second-order valence-corrected chi connectivity index (χ2v) is 16.8. The highest BCUT2D eigenvalue weighted by atomic mass is 19.4.